The lowest BCUT2D eigenvalue weighted by Gasteiger charge is -2.15. The molecule has 18 heavy (non-hydrogen) atoms. The van der Waals surface area contributed by atoms with Gasteiger partial charge in [-0.3, -0.25) is 0 Å². The molecule has 1 aromatic carbocycles. The van der Waals surface area contributed by atoms with Crippen molar-refractivity contribution in [3.63, 3.8) is 0 Å². The molecule has 1 atom stereocenters. The van der Waals surface area contributed by atoms with E-state index in [4.69, 9.17) is 0 Å². The predicted molar refractivity (Wildman–Crippen MR) is 78.9 cm³/mol. The van der Waals surface area contributed by atoms with Crippen molar-refractivity contribution < 1.29 is 8.78 Å². The summed E-state index contributed by atoms with van der Waals surface area (Å²) in [6.07, 6.45) is 0.437. The summed E-state index contributed by atoms with van der Waals surface area (Å²) in [5.41, 5.74) is 1.51. The van der Waals surface area contributed by atoms with Crippen LogP contribution < -0.4 is 5.32 Å². The van der Waals surface area contributed by atoms with E-state index in [0.29, 0.717) is 12.0 Å². The van der Waals surface area contributed by atoms with Gasteiger partial charge in [-0.1, -0.05) is 12.1 Å². The molecule has 1 aromatic heterocycles. The summed E-state index contributed by atoms with van der Waals surface area (Å²) in [6, 6.07) is 6.36. The van der Waals surface area contributed by atoms with E-state index in [9.17, 15) is 8.78 Å². The van der Waals surface area contributed by atoms with E-state index >= 15 is 0 Å². The van der Waals surface area contributed by atoms with Crippen LogP contribution in [0, 0.1) is 14.5 Å². The highest BCUT2D eigenvalue weighted by molar-refractivity contribution is 14.1. The second-order valence-corrected chi connectivity index (χ2v) is 6.75. The van der Waals surface area contributed by atoms with Crippen LogP contribution in [0.1, 0.15) is 17.2 Å². The number of hydrogen-bond donors (Lipinski definition) is 1. The number of hydrogen-bond acceptors (Lipinski definition) is 2. The number of rotatable bonds is 4. The van der Waals surface area contributed by atoms with Gasteiger partial charge in [-0.05, 0) is 64.7 Å². The minimum absolute atomic E-state index is 0.000987. The van der Waals surface area contributed by atoms with E-state index in [2.05, 4.69) is 34.0 Å². The molecule has 1 unspecified atom stereocenters. The van der Waals surface area contributed by atoms with Crippen molar-refractivity contribution in [2.75, 3.05) is 7.05 Å². The molecule has 0 amide bonds. The van der Waals surface area contributed by atoms with Gasteiger partial charge in [-0.15, -0.1) is 11.3 Å². The van der Waals surface area contributed by atoms with Crippen molar-refractivity contribution in [2.24, 2.45) is 0 Å². The van der Waals surface area contributed by atoms with E-state index in [-0.39, 0.29) is 6.04 Å². The molecule has 1 nitrogen and oxygen atoms in total. The van der Waals surface area contributed by atoms with Crippen LogP contribution in [0.3, 0.4) is 0 Å². The molecule has 0 aliphatic carbocycles. The Kier molecular flexibility index (Phi) is 4.69. The van der Waals surface area contributed by atoms with Crippen LogP contribution in [-0.2, 0) is 6.42 Å². The highest BCUT2D eigenvalue weighted by atomic mass is 127. The second-order valence-electron chi connectivity index (χ2n) is 3.94. The molecule has 0 radical (unpaired) electrons. The lowest BCUT2D eigenvalue weighted by molar-refractivity contribution is 0.487. The average Bonchev–Trinajstić information content (AvgIpc) is 2.78. The second kappa shape index (κ2) is 6.08. The summed E-state index contributed by atoms with van der Waals surface area (Å²) in [6.45, 7) is 0. The number of benzene rings is 1. The molecule has 0 aliphatic heterocycles. The largest absolute Gasteiger partial charge is 0.313 e. The summed E-state index contributed by atoms with van der Waals surface area (Å²) >= 11 is 3.89. The molecule has 0 aliphatic rings. The predicted octanol–water partition coefficient (Wildman–Crippen LogP) is 4.13. The maximum atomic E-state index is 13.6. The first kappa shape index (κ1) is 13.9. The third kappa shape index (κ3) is 3.07. The van der Waals surface area contributed by atoms with Gasteiger partial charge in [0.15, 0.2) is 11.6 Å². The number of likely N-dealkylation sites (N-methyl/N-ethyl adjacent to an activating group) is 1. The molecule has 1 heterocycles. The summed E-state index contributed by atoms with van der Waals surface area (Å²) in [7, 11) is 1.83. The fraction of sp³-hybridized carbons (Fsp3) is 0.231. The van der Waals surface area contributed by atoms with Gasteiger partial charge in [0, 0.05) is 6.04 Å². The van der Waals surface area contributed by atoms with Gasteiger partial charge in [0.2, 0.25) is 0 Å². The first-order valence-electron chi connectivity index (χ1n) is 5.46. The molecule has 0 bridgehead atoms. The van der Waals surface area contributed by atoms with Gasteiger partial charge >= 0.3 is 0 Å². The normalized spacial score (nSPS) is 12.7. The summed E-state index contributed by atoms with van der Waals surface area (Å²) in [4.78, 5) is 0. The maximum absolute atomic E-state index is 13.6. The lowest BCUT2D eigenvalue weighted by atomic mass is 10.0. The third-order valence-electron chi connectivity index (χ3n) is 2.79. The van der Waals surface area contributed by atoms with Crippen LogP contribution in [-0.4, -0.2) is 7.05 Å². The van der Waals surface area contributed by atoms with E-state index < -0.39 is 11.6 Å². The monoisotopic (exact) mass is 379 g/mol. The third-order valence-corrected chi connectivity index (χ3v) is 4.60. The smallest absolute Gasteiger partial charge is 0.162 e. The average molecular weight is 379 g/mol. The van der Waals surface area contributed by atoms with Gasteiger partial charge in [0.05, 0.1) is 2.88 Å². The number of thiophene rings is 1. The van der Waals surface area contributed by atoms with E-state index in [1.165, 1.54) is 8.95 Å². The molecule has 5 heteroatoms. The zero-order valence-corrected chi connectivity index (χ0v) is 12.7. The fourth-order valence-corrected chi connectivity index (χ4v) is 3.24. The van der Waals surface area contributed by atoms with Crippen molar-refractivity contribution in [1.82, 2.24) is 5.32 Å². The van der Waals surface area contributed by atoms with Crippen molar-refractivity contribution in [3.05, 3.63) is 55.3 Å². The van der Waals surface area contributed by atoms with Gasteiger partial charge in [0.25, 0.3) is 0 Å². The standard InChI is InChI=1S/C13H12F2INS/c1-17-11(9-6-12(16)18-7-9)5-8-3-2-4-10(14)13(8)15/h2-4,6-7,11,17H,5H2,1H3. The Balaban J connectivity index is 2.23. The number of nitrogens with one attached hydrogen (secondary N) is 1. The Morgan fingerprint density at radius 1 is 1.39 bits per heavy atom. The fourth-order valence-electron chi connectivity index (χ4n) is 1.82. The molecule has 0 spiro atoms. The van der Waals surface area contributed by atoms with E-state index in [1.54, 1.807) is 17.4 Å². The van der Waals surface area contributed by atoms with Crippen LogP contribution >= 0.6 is 33.9 Å². The molecule has 1 N–H and O–H groups in total. The molecule has 0 saturated carbocycles. The van der Waals surface area contributed by atoms with Crippen LogP contribution in [0.25, 0.3) is 0 Å². The van der Waals surface area contributed by atoms with Gasteiger partial charge in [-0.25, -0.2) is 8.78 Å². The van der Waals surface area contributed by atoms with Gasteiger partial charge in [-0.2, -0.15) is 0 Å². The minimum atomic E-state index is -0.790. The van der Waals surface area contributed by atoms with Crippen LogP contribution in [0.15, 0.2) is 29.6 Å². The highest BCUT2D eigenvalue weighted by Gasteiger charge is 2.15. The Labute approximate surface area is 122 Å². The molecular weight excluding hydrogens is 367 g/mol. The van der Waals surface area contributed by atoms with Crippen molar-refractivity contribution >= 4 is 33.9 Å². The molecular formula is C13H12F2INS. The zero-order valence-electron chi connectivity index (χ0n) is 9.71. The molecule has 2 rings (SSSR count). The van der Waals surface area contributed by atoms with E-state index in [1.807, 2.05) is 12.4 Å². The van der Waals surface area contributed by atoms with Gasteiger partial charge < -0.3 is 5.32 Å². The van der Waals surface area contributed by atoms with E-state index in [0.717, 1.165) is 11.6 Å². The molecule has 2 aromatic rings. The quantitative estimate of drug-likeness (QED) is 0.788. The molecule has 0 saturated heterocycles. The highest BCUT2D eigenvalue weighted by Crippen LogP contribution is 2.26. The first-order chi connectivity index (χ1) is 8.61. The minimum Gasteiger partial charge on any atom is -0.313 e. The van der Waals surface area contributed by atoms with Crippen LogP contribution in [0.2, 0.25) is 0 Å². The Morgan fingerprint density at radius 3 is 2.78 bits per heavy atom. The Bertz CT molecular complexity index is 542. The topological polar surface area (TPSA) is 12.0 Å². The van der Waals surface area contributed by atoms with Crippen LogP contribution in [0.5, 0.6) is 0 Å². The maximum Gasteiger partial charge on any atom is 0.162 e. The van der Waals surface area contributed by atoms with Gasteiger partial charge in [0.1, 0.15) is 0 Å². The summed E-state index contributed by atoms with van der Waals surface area (Å²) in [5, 5.41) is 5.18. The SMILES string of the molecule is CNC(Cc1cccc(F)c1F)c1csc(I)c1. The molecule has 96 valence electrons. The summed E-state index contributed by atoms with van der Waals surface area (Å²) < 4.78 is 27.9. The van der Waals surface area contributed by atoms with Crippen molar-refractivity contribution in [2.45, 2.75) is 12.5 Å². The van der Waals surface area contributed by atoms with Crippen molar-refractivity contribution in [1.29, 1.82) is 0 Å². The van der Waals surface area contributed by atoms with Crippen LogP contribution in [0.4, 0.5) is 8.78 Å². The Hall–Kier alpha value is -0.530. The first-order valence-corrected chi connectivity index (χ1v) is 7.41. The summed E-state index contributed by atoms with van der Waals surface area (Å²) in [5.74, 6) is -1.54. The van der Waals surface area contributed by atoms with Crippen molar-refractivity contribution in [3.8, 4) is 0 Å². The zero-order chi connectivity index (χ0) is 13.1. The lowest BCUT2D eigenvalue weighted by Crippen LogP contribution is -2.19. The molecule has 0 fully saturated rings. The number of halogens is 3. The Morgan fingerprint density at radius 2 is 2.17 bits per heavy atom.